The number of carboxylic acid groups (broad SMARTS) is 1. The largest absolute Gasteiger partial charge is 0.480 e. The van der Waals surface area contributed by atoms with Gasteiger partial charge in [0.1, 0.15) is 5.54 Å². The molecule has 0 bridgehead atoms. The van der Waals surface area contributed by atoms with Gasteiger partial charge >= 0.3 is 5.97 Å². The standard InChI is InChI=1S/C15H19NO2S/c1-3-15(4-2,14(17)18)16-9-11-10-19-13-8-6-5-7-12(11)13/h5-8,10,16H,3-4,9H2,1-2H3,(H,17,18). The summed E-state index contributed by atoms with van der Waals surface area (Å²) in [4.78, 5) is 11.4. The highest BCUT2D eigenvalue weighted by molar-refractivity contribution is 7.17. The van der Waals surface area contributed by atoms with Crippen LogP contribution in [0.1, 0.15) is 32.3 Å². The highest BCUT2D eigenvalue weighted by Gasteiger charge is 2.34. The fourth-order valence-electron chi connectivity index (χ4n) is 2.31. The lowest BCUT2D eigenvalue weighted by molar-refractivity contribution is -0.145. The van der Waals surface area contributed by atoms with E-state index in [4.69, 9.17) is 0 Å². The van der Waals surface area contributed by atoms with E-state index in [1.165, 1.54) is 15.6 Å². The average Bonchev–Trinajstić information content (AvgIpc) is 2.84. The molecule has 0 aliphatic carbocycles. The smallest absolute Gasteiger partial charge is 0.323 e. The molecule has 0 saturated carbocycles. The molecule has 2 rings (SSSR count). The van der Waals surface area contributed by atoms with E-state index >= 15 is 0 Å². The summed E-state index contributed by atoms with van der Waals surface area (Å²) >= 11 is 1.70. The molecule has 1 aromatic carbocycles. The van der Waals surface area contributed by atoms with Crippen LogP contribution in [0.4, 0.5) is 0 Å². The molecule has 3 nitrogen and oxygen atoms in total. The molecule has 0 atom stereocenters. The minimum Gasteiger partial charge on any atom is -0.480 e. The highest BCUT2D eigenvalue weighted by atomic mass is 32.1. The number of fused-ring (bicyclic) bond motifs is 1. The minimum absolute atomic E-state index is 0.584. The van der Waals surface area contributed by atoms with Crippen molar-refractivity contribution in [2.75, 3.05) is 0 Å². The van der Waals surface area contributed by atoms with Crippen molar-refractivity contribution in [3.63, 3.8) is 0 Å². The van der Waals surface area contributed by atoms with Crippen molar-refractivity contribution in [2.24, 2.45) is 0 Å². The van der Waals surface area contributed by atoms with Gasteiger partial charge in [0.05, 0.1) is 0 Å². The van der Waals surface area contributed by atoms with Crippen molar-refractivity contribution in [2.45, 2.75) is 38.8 Å². The monoisotopic (exact) mass is 277 g/mol. The number of benzene rings is 1. The topological polar surface area (TPSA) is 49.3 Å². The first kappa shape index (κ1) is 14.0. The van der Waals surface area contributed by atoms with Crippen LogP contribution in [0.5, 0.6) is 0 Å². The van der Waals surface area contributed by atoms with E-state index in [1.54, 1.807) is 11.3 Å². The minimum atomic E-state index is -0.816. The number of hydrogen-bond acceptors (Lipinski definition) is 3. The molecule has 1 aromatic heterocycles. The maximum Gasteiger partial charge on any atom is 0.323 e. The van der Waals surface area contributed by atoms with Gasteiger partial charge in [-0.2, -0.15) is 0 Å². The van der Waals surface area contributed by atoms with Crippen molar-refractivity contribution < 1.29 is 9.90 Å². The van der Waals surface area contributed by atoms with E-state index in [0.717, 1.165) is 0 Å². The second-order valence-corrected chi connectivity index (χ2v) is 5.62. The molecule has 2 N–H and O–H groups in total. The molecule has 4 heteroatoms. The third-order valence-corrected chi connectivity index (χ3v) is 4.81. The number of thiophene rings is 1. The van der Waals surface area contributed by atoms with E-state index in [9.17, 15) is 9.90 Å². The normalized spacial score (nSPS) is 11.9. The van der Waals surface area contributed by atoms with Crippen molar-refractivity contribution in [1.82, 2.24) is 5.32 Å². The van der Waals surface area contributed by atoms with E-state index in [2.05, 4.69) is 22.8 Å². The van der Waals surface area contributed by atoms with Crippen LogP contribution in [0.15, 0.2) is 29.6 Å². The summed E-state index contributed by atoms with van der Waals surface area (Å²) in [6.45, 7) is 4.42. The number of carboxylic acids is 1. The number of nitrogens with one attached hydrogen (secondary N) is 1. The van der Waals surface area contributed by atoms with Gasteiger partial charge in [0.2, 0.25) is 0 Å². The van der Waals surface area contributed by atoms with E-state index in [1.807, 2.05) is 26.0 Å². The zero-order chi connectivity index (χ0) is 13.9. The lowest BCUT2D eigenvalue weighted by atomic mass is 9.92. The SMILES string of the molecule is CCC(CC)(NCc1csc2ccccc12)C(=O)O. The molecule has 0 fully saturated rings. The Hall–Kier alpha value is -1.39. The van der Waals surface area contributed by atoms with Crippen LogP contribution in [-0.2, 0) is 11.3 Å². The van der Waals surface area contributed by atoms with Crippen LogP contribution < -0.4 is 5.32 Å². The van der Waals surface area contributed by atoms with Crippen LogP contribution in [0.3, 0.4) is 0 Å². The predicted octanol–water partition coefficient (Wildman–Crippen LogP) is 3.63. The Morgan fingerprint density at radius 1 is 1.32 bits per heavy atom. The Labute approximate surface area is 117 Å². The number of carbonyl (C=O) groups is 1. The maximum atomic E-state index is 11.4. The second kappa shape index (κ2) is 5.72. The highest BCUT2D eigenvalue weighted by Crippen LogP contribution is 2.26. The first-order chi connectivity index (χ1) is 9.13. The molecule has 0 aliphatic rings. The second-order valence-electron chi connectivity index (χ2n) is 4.71. The third-order valence-electron chi connectivity index (χ3n) is 3.79. The summed E-state index contributed by atoms with van der Waals surface area (Å²) in [6, 6.07) is 8.22. The molecule has 0 amide bonds. The fourth-order valence-corrected chi connectivity index (χ4v) is 3.27. The molecule has 0 unspecified atom stereocenters. The molecular formula is C15H19NO2S. The summed E-state index contributed by atoms with van der Waals surface area (Å²) in [5.74, 6) is -0.767. The lowest BCUT2D eigenvalue weighted by Gasteiger charge is -2.28. The Balaban J connectivity index is 2.20. The molecule has 1 heterocycles. The van der Waals surface area contributed by atoms with Crippen LogP contribution in [0.25, 0.3) is 10.1 Å². The van der Waals surface area contributed by atoms with Crippen LogP contribution >= 0.6 is 11.3 Å². The van der Waals surface area contributed by atoms with Crippen LogP contribution in [-0.4, -0.2) is 16.6 Å². The van der Waals surface area contributed by atoms with Crippen molar-refractivity contribution in [1.29, 1.82) is 0 Å². The first-order valence-corrected chi connectivity index (χ1v) is 7.44. The zero-order valence-electron chi connectivity index (χ0n) is 11.3. The fraction of sp³-hybridized carbons (Fsp3) is 0.400. The van der Waals surface area contributed by atoms with E-state index < -0.39 is 11.5 Å². The molecule has 102 valence electrons. The molecule has 0 saturated heterocycles. The molecule has 0 spiro atoms. The summed E-state index contributed by atoms with van der Waals surface area (Å²) in [6.07, 6.45) is 1.17. The number of rotatable bonds is 6. The van der Waals surface area contributed by atoms with Crippen molar-refractivity contribution >= 4 is 27.4 Å². The summed E-state index contributed by atoms with van der Waals surface area (Å²) in [7, 11) is 0. The van der Waals surface area contributed by atoms with Gasteiger partial charge in [-0.25, -0.2) is 0 Å². The molecule has 0 aliphatic heterocycles. The Morgan fingerprint density at radius 3 is 2.63 bits per heavy atom. The molecule has 0 radical (unpaired) electrons. The van der Waals surface area contributed by atoms with Gasteiger partial charge in [0, 0.05) is 11.2 Å². The Bertz CT molecular complexity index is 572. The number of aliphatic carboxylic acids is 1. The van der Waals surface area contributed by atoms with Gasteiger partial charge in [-0.3, -0.25) is 10.1 Å². The first-order valence-electron chi connectivity index (χ1n) is 6.56. The molecular weight excluding hydrogens is 258 g/mol. The Morgan fingerprint density at radius 2 is 2.00 bits per heavy atom. The number of hydrogen-bond donors (Lipinski definition) is 2. The van der Waals surface area contributed by atoms with Crippen molar-refractivity contribution in [3.05, 3.63) is 35.2 Å². The van der Waals surface area contributed by atoms with Gasteiger partial charge in [0.25, 0.3) is 0 Å². The van der Waals surface area contributed by atoms with Crippen LogP contribution in [0.2, 0.25) is 0 Å². The third kappa shape index (κ3) is 2.65. The van der Waals surface area contributed by atoms with Gasteiger partial charge in [-0.15, -0.1) is 11.3 Å². The van der Waals surface area contributed by atoms with Gasteiger partial charge in [-0.05, 0) is 35.2 Å². The van der Waals surface area contributed by atoms with Crippen LogP contribution in [0, 0.1) is 0 Å². The van der Waals surface area contributed by atoms with E-state index in [-0.39, 0.29) is 0 Å². The predicted molar refractivity (Wildman–Crippen MR) is 79.6 cm³/mol. The van der Waals surface area contributed by atoms with Crippen molar-refractivity contribution in [3.8, 4) is 0 Å². The Kier molecular flexibility index (Phi) is 4.22. The molecule has 19 heavy (non-hydrogen) atoms. The summed E-state index contributed by atoms with van der Waals surface area (Å²) < 4.78 is 1.24. The van der Waals surface area contributed by atoms with Gasteiger partial charge < -0.3 is 5.11 Å². The van der Waals surface area contributed by atoms with Gasteiger partial charge in [-0.1, -0.05) is 32.0 Å². The average molecular weight is 277 g/mol. The van der Waals surface area contributed by atoms with E-state index in [0.29, 0.717) is 19.4 Å². The van der Waals surface area contributed by atoms with Gasteiger partial charge in [0.15, 0.2) is 0 Å². The summed E-state index contributed by atoms with van der Waals surface area (Å²) in [5, 5.41) is 16.0. The summed E-state index contributed by atoms with van der Waals surface area (Å²) in [5.41, 5.74) is 0.358. The quantitative estimate of drug-likeness (QED) is 0.847. The lowest BCUT2D eigenvalue weighted by Crippen LogP contribution is -2.50. The maximum absolute atomic E-state index is 11.4. The molecule has 2 aromatic rings. The zero-order valence-corrected chi connectivity index (χ0v) is 12.1.